The third-order valence-electron chi connectivity index (χ3n) is 1.75. The van der Waals surface area contributed by atoms with E-state index in [1.165, 1.54) is 0 Å². The highest BCUT2D eigenvalue weighted by Gasteiger charge is 2.40. The van der Waals surface area contributed by atoms with E-state index in [4.69, 9.17) is 23.2 Å². The van der Waals surface area contributed by atoms with E-state index in [-0.39, 0.29) is 5.41 Å². The Morgan fingerprint density at radius 2 is 2.08 bits per heavy atom. The molecule has 0 bridgehead atoms. The molecule has 4 heteroatoms. The first kappa shape index (κ1) is 9.87. The standard InChI is InChI=1S/C8H12Cl2N2/c1-7(2,3)8(10)11-5-4-6(9)12-8/h4-5,12H,1-3H3. The normalized spacial score (nSPS) is 29.6. The van der Waals surface area contributed by atoms with Crippen LogP contribution in [0.1, 0.15) is 20.8 Å². The molecule has 1 unspecified atom stereocenters. The SMILES string of the molecule is CC(C)(C)C1(Cl)N=CC=C(Cl)N1. The fraction of sp³-hybridized carbons (Fsp3) is 0.625. The quantitative estimate of drug-likeness (QED) is 0.479. The number of nitrogens with one attached hydrogen (secondary N) is 1. The number of hydrogen-bond donors (Lipinski definition) is 1. The minimum absolute atomic E-state index is 0.181. The number of hydrogen-bond acceptors (Lipinski definition) is 2. The lowest BCUT2D eigenvalue weighted by molar-refractivity contribution is 0.252. The number of alkyl halides is 1. The number of nitrogens with zero attached hydrogens (tertiary/aromatic N) is 1. The van der Waals surface area contributed by atoms with Gasteiger partial charge in [-0.15, -0.1) is 0 Å². The zero-order valence-corrected chi connectivity index (χ0v) is 8.87. The van der Waals surface area contributed by atoms with E-state index >= 15 is 0 Å². The molecule has 0 amide bonds. The van der Waals surface area contributed by atoms with E-state index in [0.717, 1.165) is 0 Å². The molecule has 12 heavy (non-hydrogen) atoms. The molecule has 0 fully saturated rings. The highest BCUT2D eigenvalue weighted by Crippen LogP contribution is 2.37. The van der Waals surface area contributed by atoms with E-state index in [0.29, 0.717) is 5.16 Å². The van der Waals surface area contributed by atoms with Crippen molar-refractivity contribution in [1.29, 1.82) is 0 Å². The van der Waals surface area contributed by atoms with E-state index in [1.807, 2.05) is 20.8 Å². The minimum Gasteiger partial charge on any atom is -0.339 e. The molecule has 1 N–H and O–H groups in total. The summed E-state index contributed by atoms with van der Waals surface area (Å²) in [5, 5.41) is 2.63. The Labute approximate surface area is 82.7 Å². The largest absolute Gasteiger partial charge is 0.339 e. The van der Waals surface area contributed by atoms with Gasteiger partial charge in [0, 0.05) is 11.6 Å². The number of aliphatic imine (C=N–C) groups is 1. The maximum Gasteiger partial charge on any atom is 0.211 e. The Morgan fingerprint density at radius 1 is 1.50 bits per heavy atom. The highest BCUT2D eigenvalue weighted by atomic mass is 35.5. The fourth-order valence-electron chi connectivity index (χ4n) is 0.819. The van der Waals surface area contributed by atoms with Crippen molar-refractivity contribution in [3.8, 4) is 0 Å². The van der Waals surface area contributed by atoms with Crippen molar-refractivity contribution in [1.82, 2.24) is 5.32 Å². The van der Waals surface area contributed by atoms with Crippen LogP contribution in [0.5, 0.6) is 0 Å². The van der Waals surface area contributed by atoms with Gasteiger partial charge in [0.15, 0.2) is 0 Å². The summed E-state index contributed by atoms with van der Waals surface area (Å²) in [5.74, 6) is 0. The molecule has 0 aromatic carbocycles. The molecule has 0 saturated carbocycles. The van der Waals surface area contributed by atoms with Crippen LogP contribution in [0.4, 0.5) is 0 Å². The van der Waals surface area contributed by atoms with Gasteiger partial charge in [0.2, 0.25) is 5.12 Å². The monoisotopic (exact) mass is 206 g/mol. The molecule has 1 atom stereocenters. The van der Waals surface area contributed by atoms with E-state index in [1.54, 1.807) is 12.3 Å². The van der Waals surface area contributed by atoms with Crippen molar-refractivity contribution < 1.29 is 0 Å². The first-order valence-corrected chi connectivity index (χ1v) is 4.49. The molecule has 0 aromatic rings. The molecule has 68 valence electrons. The van der Waals surface area contributed by atoms with Crippen LogP contribution in [-0.4, -0.2) is 11.3 Å². The van der Waals surface area contributed by atoms with Gasteiger partial charge >= 0.3 is 0 Å². The molecule has 0 aromatic heterocycles. The summed E-state index contributed by atoms with van der Waals surface area (Å²) in [5.41, 5.74) is -0.181. The van der Waals surface area contributed by atoms with Crippen LogP contribution in [-0.2, 0) is 0 Å². The predicted octanol–water partition coefficient (Wildman–Crippen LogP) is 2.68. The van der Waals surface area contributed by atoms with Crippen molar-refractivity contribution in [3.63, 3.8) is 0 Å². The Kier molecular flexibility index (Phi) is 2.41. The maximum absolute atomic E-state index is 6.21. The van der Waals surface area contributed by atoms with E-state index in [9.17, 15) is 0 Å². The Morgan fingerprint density at radius 3 is 2.42 bits per heavy atom. The van der Waals surface area contributed by atoms with Crippen molar-refractivity contribution in [3.05, 3.63) is 11.2 Å². The lowest BCUT2D eigenvalue weighted by Crippen LogP contribution is -2.48. The Hall–Kier alpha value is -0.210. The molecule has 1 rings (SSSR count). The van der Waals surface area contributed by atoms with Crippen LogP contribution in [0, 0.1) is 5.41 Å². The van der Waals surface area contributed by atoms with Gasteiger partial charge in [0.1, 0.15) is 5.16 Å². The first-order chi connectivity index (χ1) is 5.35. The smallest absolute Gasteiger partial charge is 0.211 e. The molecule has 1 heterocycles. The molecule has 1 aliphatic rings. The van der Waals surface area contributed by atoms with Crippen LogP contribution < -0.4 is 5.32 Å². The summed E-state index contributed by atoms with van der Waals surface area (Å²) in [4.78, 5) is 4.15. The molecular formula is C8H12Cl2N2. The topological polar surface area (TPSA) is 24.4 Å². The van der Waals surface area contributed by atoms with Crippen molar-refractivity contribution >= 4 is 29.4 Å². The van der Waals surface area contributed by atoms with Gasteiger partial charge in [-0.1, -0.05) is 44.0 Å². The van der Waals surface area contributed by atoms with E-state index in [2.05, 4.69) is 10.3 Å². The molecular weight excluding hydrogens is 195 g/mol. The molecule has 0 saturated heterocycles. The summed E-state index contributed by atoms with van der Waals surface area (Å²) >= 11 is 12.0. The molecule has 2 nitrogen and oxygen atoms in total. The summed E-state index contributed by atoms with van der Waals surface area (Å²) < 4.78 is 0. The molecule has 0 aliphatic carbocycles. The zero-order valence-electron chi connectivity index (χ0n) is 7.36. The number of rotatable bonds is 0. The molecule has 1 aliphatic heterocycles. The van der Waals surface area contributed by atoms with Crippen molar-refractivity contribution in [2.75, 3.05) is 0 Å². The minimum atomic E-state index is -0.821. The van der Waals surface area contributed by atoms with Crippen molar-refractivity contribution in [2.24, 2.45) is 10.4 Å². The summed E-state index contributed by atoms with van der Waals surface area (Å²) in [7, 11) is 0. The Bertz CT molecular complexity index is 240. The summed E-state index contributed by atoms with van der Waals surface area (Å²) in [6, 6.07) is 0. The van der Waals surface area contributed by atoms with Gasteiger partial charge in [0.05, 0.1) is 0 Å². The first-order valence-electron chi connectivity index (χ1n) is 3.73. The van der Waals surface area contributed by atoms with E-state index < -0.39 is 5.12 Å². The third kappa shape index (κ3) is 1.75. The van der Waals surface area contributed by atoms with Crippen LogP contribution in [0.25, 0.3) is 0 Å². The van der Waals surface area contributed by atoms with Crippen LogP contribution in [0.2, 0.25) is 0 Å². The Balaban J connectivity index is 2.90. The van der Waals surface area contributed by atoms with Crippen molar-refractivity contribution in [2.45, 2.75) is 25.9 Å². The second kappa shape index (κ2) is 2.93. The number of allylic oxidation sites excluding steroid dienone is 1. The molecule has 0 radical (unpaired) electrons. The predicted molar refractivity (Wildman–Crippen MR) is 53.6 cm³/mol. The third-order valence-corrected chi connectivity index (χ3v) is 2.73. The van der Waals surface area contributed by atoms with Gasteiger partial charge < -0.3 is 5.32 Å². The van der Waals surface area contributed by atoms with Gasteiger partial charge in [-0.25, -0.2) is 4.99 Å². The van der Waals surface area contributed by atoms with Gasteiger partial charge in [-0.05, 0) is 6.08 Å². The van der Waals surface area contributed by atoms with Crippen LogP contribution in [0.3, 0.4) is 0 Å². The second-order valence-electron chi connectivity index (χ2n) is 3.79. The average molecular weight is 207 g/mol. The highest BCUT2D eigenvalue weighted by molar-refractivity contribution is 6.32. The van der Waals surface area contributed by atoms with Gasteiger partial charge in [-0.3, -0.25) is 0 Å². The van der Waals surface area contributed by atoms with Gasteiger partial charge in [0.25, 0.3) is 0 Å². The van der Waals surface area contributed by atoms with Gasteiger partial charge in [-0.2, -0.15) is 0 Å². The molecule has 0 spiro atoms. The lowest BCUT2D eigenvalue weighted by Gasteiger charge is -2.38. The van der Waals surface area contributed by atoms with Crippen LogP contribution in [0.15, 0.2) is 16.2 Å². The zero-order chi connectivity index (χ0) is 9.41. The summed E-state index contributed by atoms with van der Waals surface area (Å²) in [6.45, 7) is 6.00. The second-order valence-corrected chi connectivity index (χ2v) is 4.74. The average Bonchev–Trinajstić information content (AvgIpc) is 1.83. The van der Waals surface area contributed by atoms with Crippen LogP contribution >= 0.6 is 23.2 Å². The number of halogens is 2. The fourth-order valence-corrected chi connectivity index (χ4v) is 1.22. The summed E-state index contributed by atoms with van der Waals surface area (Å²) in [6.07, 6.45) is 3.30. The lowest BCUT2D eigenvalue weighted by atomic mass is 9.91. The maximum atomic E-state index is 6.21.